The van der Waals surface area contributed by atoms with Gasteiger partial charge in [0.1, 0.15) is 11.5 Å². The number of benzene rings is 2. The zero-order valence-electron chi connectivity index (χ0n) is 13.5. The molecule has 0 aromatic heterocycles. The topological polar surface area (TPSA) is 18.5 Å². The zero-order valence-corrected chi connectivity index (χ0v) is 14.3. The molecule has 0 aliphatic heterocycles. The molecule has 0 atom stereocenters. The highest BCUT2D eigenvalue weighted by atomic mass is 35.5. The Morgan fingerprint density at radius 2 is 1.68 bits per heavy atom. The van der Waals surface area contributed by atoms with Crippen molar-refractivity contribution < 1.29 is 9.47 Å². The minimum atomic E-state index is 0.621. The minimum Gasteiger partial charge on any atom is -0.493 e. The maximum Gasteiger partial charge on any atom is 0.130 e. The Morgan fingerprint density at radius 3 is 2.41 bits per heavy atom. The highest BCUT2D eigenvalue weighted by molar-refractivity contribution is 6.17. The molecule has 2 aromatic carbocycles. The minimum absolute atomic E-state index is 0.621. The van der Waals surface area contributed by atoms with Gasteiger partial charge in [-0.25, -0.2) is 0 Å². The molecule has 0 fully saturated rings. The Kier molecular flexibility index (Phi) is 6.85. The first-order chi connectivity index (χ1) is 10.8. The summed E-state index contributed by atoms with van der Waals surface area (Å²) in [5.74, 6) is 2.52. The molecule has 0 aliphatic rings. The van der Waals surface area contributed by atoms with Gasteiger partial charge in [-0.1, -0.05) is 44.0 Å². The van der Waals surface area contributed by atoms with Crippen molar-refractivity contribution in [1.82, 2.24) is 0 Å². The fourth-order valence-electron chi connectivity index (χ4n) is 2.52. The quantitative estimate of drug-likeness (QED) is 0.434. The van der Waals surface area contributed by atoms with Crippen LogP contribution in [0.4, 0.5) is 0 Å². The van der Waals surface area contributed by atoms with Crippen LogP contribution in [0, 0.1) is 6.92 Å². The predicted octanol–water partition coefficient (Wildman–Crippen LogP) is 5.72. The Morgan fingerprint density at radius 1 is 0.955 bits per heavy atom. The van der Waals surface area contributed by atoms with Crippen LogP contribution in [-0.2, 0) is 0 Å². The standard InChI is InChI=1S/C19H25ClO2/c1-3-4-7-12-22-19-15(2)14-18(21-13-8-11-20)16-9-5-6-10-17(16)19/h5-6,9-10,14H,3-4,7-8,11-13H2,1-2H3. The molecule has 0 radical (unpaired) electrons. The van der Waals surface area contributed by atoms with Crippen molar-refractivity contribution in [3.05, 3.63) is 35.9 Å². The molecule has 0 bridgehead atoms. The molecule has 0 amide bonds. The molecular weight excluding hydrogens is 296 g/mol. The van der Waals surface area contributed by atoms with Crippen LogP contribution in [-0.4, -0.2) is 19.1 Å². The maximum atomic E-state index is 6.06. The van der Waals surface area contributed by atoms with Crippen LogP contribution in [0.5, 0.6) is 11.5 Å². The number of ether oxygens (including phenoxy) is 2. The summed E-state index contributed by atoms with van der Waals surface area (Å²) in [6, 6.07) is 10.3. The van der Waals surface area contributed by atoms with Gasteiger partial charge in [-0.2, -0.15) is 0 Å². The molecule has 2 rings (SSSR count). The van der Waals surface area contributed by atoms with Crippen LogP contribution in [0.15, 0.2) is 30.3 Å². The monoisotopic (exact) mass is 320 g/mol. The number of unbranched alkanes of at least 4 members (excludes halogenated alkanes) is 2. The molecule has 3 heteroatoms. The lowest BCUT2D eigenvalue weighted by Gasteiger charge is -2.16. The summed E-state index contributed by atoms with van der Waals surface area (Å²) in [7, 11) is 0. The molecule has 0 heterocycles. The van der Waals surface area contributed by atoms with Crippen molar-refractivity contribution in [1.29, 1.82) is 0 Å². The van der Waals surface area contributed by atoms with E-state index in [1.807, 2.05) is 12.1 Å². The summed E-state index contributed by atoms with van der Waals surface area (Å²) < 4.78 is 12.0. The predicted molar refractivity (Wildman–Crippen MR) is 94.5 cm³/mol. The third-order valence-electron chi connectivity index (χ3n) is 3.67. The largest absolute Gasteiger partial charge is 0.493 e. The van der Waals surface area contributed by atoms with Crippen LogP contribution in [0.1, 0.15) is 38.2 Å². The number of rotatable bonds is 9. The molecule has 2 nitrogen and oxygen atoms in total. The molecule has 0 saturated carbocycles. The molecule has 0 saturated heterocycles. The summed E-state index contributed by atoms with van der Waals surface area (Å²) in [5.41, 5.74) is 1.12. The molecule has 0 unspecified atom stereocenters. The van der Waals surface area contributed by atoms with E-state index in [9.17, 15) is 0 Å². The van der Waals surface area contributed by atoms with E-state index in [1.54, 1.807) is 0 Å². The van der Waals surface area contributed by atoms with Crippen LogP contribution < -0.4 is 9.47 Å². The molecule has 0 spiro atoms. The van der Waals surface area contributed by atoms with Crippen LogP contribution in [0.3, 0.4) is 0 Å². The second-order valence-electron chi connectivity index (χ2n) is 5.51. The Hall–Kier alpha value is -1.41. The molecule has 22 heavy (non-hydrogen) atoms. The van der Waals surface area contributed by atoms with Gasteiger partial charge in [0.15, 0.2) is 0 Å². The number of hydrogen-bond acceptors (Lipinski definition) is 2. The summed E-state index contributed by atoms with van der Waals surface area (Å²) in [4.78, 5) is 0. The van der Waals surface area contributed by atoms with E-state index < -0.39 is 0 Å². The van der Waals surface area contributed by atoms with E-state index in [1.165, 1.54) is 12.8 Å². The third-order valence-corrected chi connectivity index (χ3v) is 3.94. The molecule has 0 N–H and O–H groups in total. The summed E-state index contributed by atoms with van der Waals surface area (Å²) in [6.07, 6.45) is 4.36. The lowest BCUT2D eigenvalue weighted by Crippen LogP contribution is -2.02. The van der Waals surface area contributed by atoms with Crippen molar-refractivity contribution in [3.8, 4) is 11.5 Å². The van der Waals surface area contributed by atoms with Gasteiger partial charge in [0, 0.05) is 16.7 Å². The molecular formula is C19H25ClO2. The molecule has 0 aliphatic carbocycles. The SMILES string of the molecule is CCCCCOc1c(C)cc(OCCCCl)c2ccccc12. The highest BCUT2D eigenvalue weighted by Crippen LogP contribution is 2.36. The second-order valence-corrected chi connectivity index (χ2v) is 5.89. The fraction of sp³-hybridized carbons (Fsp3) is 0.474. The van der Waals surface area contributed by atoms with Crippen molar-refractivity contribution >= 4 is 22.4 Å². The summed E-state index contributed by atoms with van der Waals surface area (Å²) in [5, 5.41) is 2.23. The van der Waals surface area contributed by atoms with Gasteiger partial charge in [-0.05, 0) is 31.4 Å². The van der Waals surface area contributed by atoms with Gasteiger partial charge in [-0.3, -0.25) is 0 Å². The van der Waals surface area contributed by atoms with E-state index in [0.29, 0.717) is 12.5 Å². The van der Waals surface area contributed by atoms with Crippen molar-refractivity contribution in [2.75, 3.05) is 19.1 Å². The number of aryl methyl sites for hydroxylation is 1. The fourth-order valence-corrected chi connectivity index (χ4v) is 2.63. The van der Waals surface area contributed by atoms with E-state index in [-0.39, 0.29) is 0 Å². The summed E-state index contributed by atoms with van der Waals surface area (Å²) in [6.45, 7) is 5.69. The van der Waals surface area contributed by atoms with Gasteiger partial charge in [0.05, 0.1) is 13.2 Å². The van der Waals surface area contributed by atoms with Gasteiger partial charge in [-0.15, -0.1) is 11.6 Å². The normalized spacial score (nSPS) is 10.9. The van der Waals surface area contributed by atoms with Gasteiger partial charge < -0.3 is 9.47 Å². The first-order valence-corrected chi connectivity index (χ1v) is 8.65. The second kappa shape index (κ2) is 8.89. The van der Waals surface area contributed by atoms with E-state index in [0.717, 1.165) is 47.3 Å². The van der Waals surface area contributed by atoms with Crippen molar-refractivity contribution in [2.24, 2.45) is 0 Å². The lowest BCUT2D eigenvalue weighted by molar-refractivity contribution is 0.305. The highest BCUT2D eigenvalue weighted by Gasteiger charge is 2.11. The van der Waals surface area contributed by atoms with E-state index in [2.05, 4.69) is 32.0 Å². The Bertz CT molecular complexity index is 595. The molecule has 120 valence electrons. The van der Waals surface area contributed by atoms with Crippen molar-refractivity contribution in [3.63, 3.8) is 0 Å². The zero-order chi connectivity index (χ0) is 15.8. The van der Waals surface area contributed by atoms with Gasteiger partial charge in [0.2, 0.25) is 0 Å². The van der Waals surface area contributed by atoms with Crippen LogP contribution in [0.25, 0.3) is 10.8 Å². The number of fused-ring (bicyclic) bond motifs is 1. The van der Waals surface area contributed by atoms with Crippen LogP contribution >= 0.6 is 11.6 Å². The molecule has 2 aromatic rings. The first-order valence-electron chi connectivity index (χ1n) is 8.11. The van der Waals surface area contributed by atoms with Gasteiger partial charge in [0.25, 0.3) is 0 Å². The van der Waals surface area contributed by atoms with E-state index in [4.69, 9.17) is 21.1 Å². The number of halogens is 1. The van der Waals surface area contributed by atoms with Gasteiger partial charge >= 0.3 is 0 Å². The first kappa shape index (κ1) is 17.0. The number of hydrogen-bond donors (Lipinski definition) is 0. The average Bonchev–Trinajstić information content (AvgIpc) is 2.54. The average molecular weight is 321 g/mol. The Labute approximate surface area is 138 Å². The number of alkyl halides is 1. The maximum absolute atomic E-state index is 6.06. The van der Waals surface area contributed by atoms with Crippen molar-refractivity contribution in [2.45, 2.75) is 39.5 Å². The third kappa shape index (κ3) is 4.30. The van der Waals surface area contributed by atoms with Crippen LogP contribution in [0.2, 0.25) is 0 Å². The smallest absolute Gasteiger partial charge is 0.130 e. The summed E-state index contributed by atoms with van der Waals surface area (Å²) >= 11 is 5.73. The Balaban J connectivity index is 2.25. The lowest BCUT2D eigenvalue weighted by atomic mass is 10.0. The van der Waals surface area contributed by atoms with E-state index >= 15 is 0 Å².